The van der Waals surface area contributed by atoms with Crippen LogP contribution in [0.4, 0.5) is 5.69 Å². The summed E-state index contributed by atoms with van der Waals surface area (Å²) in [7, 11) is 0. The Morgan fingerprint density at radius 1 is 1.28 bits per heavy atom. The van der Waals surface area contributed by atoms with Crippen LogP contribution in [0.1, 0.15) is 31.9 Å². The van der Waals surface area contributed by atoms with Crippen LogP contribution in [0.25, 0.3) is 0 Å². The number of rotatable bonds is 3. The second kappa shape index (κ2) is 5.40. The molecule has 2 N–H and O–H groups in total. The average molecular weight is 251 g/mol. The van der Waals surface area contributed by atoms with Gasteiger partial charge in [0.05, 0.1) is 5.60 Å². The van der Waals surface area contributed by atoms with Gasteiger partial charge in [0.25, 0.3) is 0 Å². The molecular weight excluding hydrogens is 230 g/mol. The van der Waals surface area contributed by atoms with Crippen LogP contribution in [0.2, 0.25) is 0 Å². The summed E-state index contributed by atoms with van der Waals surface area (Å²) in [6.45, 7) is 9.33. The fraction of sp³-hybridized carbons (Fsp3) is 0.500. The molecule has 100 valence electrons. The van der Waals surface area contributed by atoms with Crippen molar-refractivity contribution in [3.63, 3.8) is 0 Å². The smallest absolute Gasteiger partial charge is 0.250 e. The maximum Gasteiger partial charge on any atom is 0.250 e. The molecule has 0 bridgehead atoms. The Hall–Kier alpha value is -1.55. The van der Waals surface area contributed by atoms with Crippen LogP contribution < -0.4 is 5.32 Å². The molecule has 0 atom stereocenters. The van der Waals surface area contributed by atoms with E-state index in [1.165, 1.54) is 0 Å². The maximum absolute atomic E-state index is 11.7. The number of phenolic OH excluding ortho intramolecular Hbond substituents is 1. The second-order valence-corrected chi connectivity index (χ2v) is 5.40. The van der Waals surface area contributed by atoms with Crippen LogP contribution >= 0.6 is 0 Å². The van der Waals surface area contributed by atoms with E-state index in [1.807, 2.05) is 27.7 Å². The lowest BCUT2D eigenvalue weighted by Crippen LogP contribution is -2.27. The van der Waals surface area contributed by atoms with Crippen molar-refractivity contribution in [2.45, 2.75) is 40.2 Å². The third-order valence-corrected chi connectivity index (χ3v) is 2.45. The fourth-order valence-corrected chi connectivity index (χ4v) is 1.40. The van der Waals surface area contributed by atoms with Gasteiger partial charge in [-0.15, -0.1) is 0 Å². The zero-order valence-corrected chi connectivity index (χ0v) is 11.6. The van der Waals surface area contributed by atoms with Gasteiger partial charge in [0.1, 0.15) is 12.4 Å². The maximum atomic E-state index is 11.7. The number of hydrogen-bond acceptors (Lipinski definition) is 3. The van der Waals surface area contributed by atoms with Gasteiger partial charge in [-0.25, -0.2) is 0 Å². The Kier molecular flexibility index (Phi) is 4.35. The fourth-order valence-electron chi connectivity index (χ4n) is 1.40. The normalized spacial score (nSPS) is 11.4. The SMILES string of the molecule is Cc1cc(NC(=O)COC(C)(C)C)c(C)cc1O. The van der Waals surface area contributed by atoms with E-state index >= 15 is 0 Å². The topological polar surface area (TPSA) is 58.6 Å². The summed E-state index contributed by atoms with van der Waals surface area (Å²) in [5.41, 5.74) is 1.92. The van der Waals surface area contributed by atoms with Crippen molar-refractivity contribution in [1.82, 2.24) is 0 Å². The van der Waals surface area contributed by atoms with Gasteiger partial charge in [0.2, 0.25) is 5.91 Å². The molecule has 0 heterocycles. The average Bonchev–Trinajstić information content (AvgIpc) is 2.22. The van der Waals surface area contributed by atoms with E-state index in [-0.39, 0.29) is 23.9 Å². The van der Waals surface area contributed by atoms with Crippen molar-refractivity contribution in [3.05, 3.63) is 23.3 Å². The van der Waals surface area contributed by atoms with Gasteiger partial charge >= 0.3 is 0 Å². The zero-order chi connectivity index (χ0) is 13.9. The number of aryl methyl sites for hydroxylation is 2. The molecule has 18 heavy (non-hydrogen) atoms. The number of ether oxygens (including phenoxy) is 1. The molecule has 0 spiro atoms. The number of phenols is 1. The number of benzene rings is 1. The zero-order valence-electron chi connectivity index (χ0n) is 11.6. The molecule has 4 nitrogen and oxygen atoms in total. The third kappa shape index (κ3) is 4.37. The van der Waals surface area contributed by atoms with E-state index in [2.05, 4.69) is 5.32 Å². The highest BCUT2D eigenvalue weighted by Gasteiger charge is 2.13. The summed E-state index contributed by atoms with van der Waals surface area (Å²) in [6.07, 6.45) is 0. The number of aromatic hydroxyl groups is 1. The molecule has 0 aliphatic heterocycles. The van der Waals surface area contributed by atoms with Crippen LogP contribution in [0.5, 0.6) is 5.75 Å². The largest absolute Gasteiger partial charge is 0.508 e. The molecule has 1 rings (SSSR count). The summed E-state index contributed by atoms with van der Waals surface area (Å²) >= 11 is 0. The summed E-state index contributed by atoms with van der Waals surface area (Å²) in [5, 5.41) is 12.3. The second-order valence-electron chi connectivity index (χ2n) is 5.40. The predicted molar refractivity (Wildman–Crippen MR) is 71.9 cm³/mol. The van der Waals surface area contributed by atoms with E-state index in [0.717, 1.165) is 11.1 Å². The Balaban J connectivity index is 2.68. The van der Waals surface area contributed by atoms with Crippen LogP contribution in [-0.2, 0) is 9.53 Å². The highest BCUT2D eigenvalue weighted by atomic mass is 16.5. The molecule has 0 aliphatic rings. The Bertz CT molecular complexity index is 447. The third-order valence-electron chi connectivity index (χ3n) is 2.45. The molecule has 0 aliphatic carbocycles. The molecule has 0 saturated heterocycles. The first kappa shape index (κ1) is 14.5. The van der Waals surface area contributed by atoms with Gasteiger partial charge in [-0.05, 0) is 57.9 Å². The van der Waals surface area contributed by atoms with E-state index in [4.69, 9.17) is 4.74 Å². The molecular formula is C14H21NO3. The van der Waals surface area contributed by atoms with Crippen molar-refractivity contribution in [3.8, 4) is 5.75 Å². The van der Waals surface area contributed by atoms with E-state index in [1.54, 1.807) is 19.1 Å². The quantitative estimate of drug-likeness (QED) is 0.812. The van der Waals surface area contributed by atoms with Crippen molar-refractivity contribution in [2.24, 2.45) is 0 Å². The predicted octanol–water partition coefficient (Wildman–Crippen LogP) is 2.76. The van der Waals surface area contributed by atoms with Crippen LogP contribution in [-0.4, -0.2) is 23.2 Å². The van der Waals surface area contributed by atoms with Gasteiger partial charge in [0.15, 0.2) is 0 Å². The highest BCUT2D eigenvalue weighted by molar-refractivity contribution is 5.92. The lowest BCUT2D eigenvalue weighted by atomic mass is 10.1. The Morgan fingerprint density at radius 2 is 1.89 bits per heavy atom. The number of amides is 1. The molecule has 0 unspecified atom stereocenters. The van der Waals surface area contributed by atoms with Crippen molar-refractivity contribution < 1.29 is 14.6 Å². The standard InChI is InChI=1S/C14H21NO3/c1-9-7-12(16)10(2)6-11(9)15-13(17)8-18-14(3,4)5/h6-7,16H,8H2,1-5H3,(H,15,17). The molecule has 0 radical (unpaired) electrons. The van der Waals surface area contributed by atoms with Crippen molar-refractivity contribution in [2.75, 3.05) is 11.9 Å². The highest BCUT2D eigenvalue weighted by Crippen LogP contribution is 2.24. The lowest BCUT2D eigenvalue weighted by molar-refractivity contribution is -0.125. The number of carbonyl (C=O) groups excluding carboxylic acids is 1. The Morgan fingerprint density at radius 3 is 2.44 bits per heavy atom. The van der Waals surface area contributed by atoms with Crippen LogP contribution in [0, 0.1) is 13.8 Å². The Labute approximate surface area is 108 Å². The minimum Gasteiger partial charge on any atom is -0.508 e. The molecule has 0 fully saturated rings. The van der Waals surface area contributed by atoms with E-state index < -0.39 is 0 Å². The summed E-state index contributed by atoms with van der Waals surface area (Å²) in [4.78, 5) is 11.7. The van der Waals surface area contributed by atoms with Crippen LogP contribution in [0.3, 0.4) is 0 Å². The van der Waals surface area contributed by atoms with E-state index in [0.29, 0.717) is 5.69 Å². The summed E-state index contributed by atoms with van der Waals surface area (Å²) < 4.78 is 5.40. The first-order valence-corrected chi connectivity index (χ1v) is 5.93. The van der Waals surface area contributed by atoms with Gasteiger partial charge in [-0.2, -0.15) is 0 Å². The van der Waals surface area contributed by atoms with Crippen molar-refractivity contribution in [1.29, 1.82) is 0 Å². The summed E-state index contributed by atoms with van der Waals surface area (Å²) in [6, 6.07) is 3.38. The minimum absolute atomic E-state index is 0.0167. The first-order valence-electron chi connectivity index (χ1n) is 5.93. The molecule has 0 aromatic heterocycles. The number of carbonyl (C=O) groups is 1. The number of nitrogens with one attached hydrogen (secondary N) is 1. The summed E-state index contributed by atoms with van der Waals surface area (Å²) in [5.74, 6) is 0.0366. The molecule has 1 aromatic carbocycles. The minimum atomic E-state index is -0.336. The molecule has 0 saturated carbocycles. The lowest BCUT2D eigenvalue weighted by Gasteiger charge is -2.19. The van der Waals surface area contributed by atoms with E-state index in [9.17, 15) is 9.90 Å². The number of hydrogen-bond donors (Lipinski definition) is 2. The number of anilines is 1. The van der Waals surface area contributed by atoms with Gasteiger partial charge in [-0.1, -0.05) is 0 Å². The molecule has 4 heteroatoms. The van der Waals surface area contributed by atoms with Gasteiger partial charge < -0.3 is 15.2 Å². The first-order chi connectivity index (χ1) is 8.19. The van der Waals surface area contributed by atoms with Gasteiger partial charge in [-0.3, -0.25) is 4.79 Å². The monoisotopic (exact) mass is 251 g/mol. The molecule has 1 amide bonds. The van der Waals surface area contributed by atoms with Gasteiger partial charge in [0, 0.05) is 5.69 Å². The molecule has 1 aromatic rings. The van der Waals surface area contributed by atoms with Crippen molar-refractivity contribution >= 4 is 11.6 Å². The van der Waals surface area contributed by atoms with Crippen LogP contribution in [0.15, 0.2) is 12.1 Å².